The number of thioether (sulfide) groups is 1. The van der Waals surface area contributed by atoms with Gasteiger partial charge in [0.05, 0.1) is 6.10 Å². The quantitative estimate of drug-likeness (QED) is 0.601. The largest absolute Gasteiger partial charge is 0.480 e. The fourth-order valence-electron chi connectivity index (χ4n) is 0.688. The summed E-state index contributed by atoms with van der Waals surface area (Å²) in [4.78, 5) is 10.6. The molecule has 76 valence electrons. The van der Waals surface area contributed by atoms with Gasteiger partial charge in [0.1, 0.15) is 4.32 Å². The molecule has 0 saturated carbocycles. The van der Waals surface area contributed by atoms with Crippen molar-refractivity contribution in [2.24, 2.45) is 0 Å². The Morgan fingerprint density at radius 1 is 1.69 bits per heavy atom. The fourth-order valence-corrected chi connectivity index (χ4v) is 1.64. The molecule has 0 unspecified atom stereocenters. The van der Waals surface area contributed by atoms with Crippen LogP contribution >= 0.6 is 24.0 Å². The molecule has 0 aromatic heterocycles. The molecule has 4 nitrogen and oxygen atoms in total. The molecule has 0 aliphatic rings. The van der Waals surface area contributed by atoms with E-state index in [0.29, 0.717) is 4.32 Å². The van der Waals surface area contributed by atoms with E-state index >= 15 is 0 Å². The molecule has 0 saturated heterocycles. The Bertz CT molecular complexity index is 196. The van der Waals surface area contributed by atoms with Crippen molar-refractivity contribution >= 4 is 34.3 Å². The molecule has 0 aliphatic heterocycles. The summed E-state index contributed by atoms with van der Waals surface area (Å²) in [5.41, 5.74) is 0. The molecule has 0 amide bonds. The molecule has 13 heavy (non-hydrogen) atoms. The third kappa shape index (κ3) is 5.07. The number of hydrogen-bond acceptors (Lipinski definition) is 4. The van der Waals surface area contributed by atoms with Gasteiger partial charge in [-0.15, -0.1) is 0 Å². The minimum atomic E-state index is -1.10. The van der Waals surface area contributed by atoms with Crippen molar-refractivity contribution in [2.45, 2.75) is 26.0 Å². The zero-order valence-corrected chi connectivity index (χ0v) is 9.11. The first-order valence-electron chi connectivity index (χ1n) is 3.83. The Morgan fingerprint density at radius 3 is 2.54 bits per heavy atom. The van der Waals surface area contributed by atoms with Crippen molar-refractivity contribution < 1.29 is 15.0 Å². The molecular formula is C7H13NO3S2. The van der Waals surface area contributed by atoms with Crippen molar-refractivity contribution in [2.75, 3.05) is 5.75 Å². The van der Waals surface area contributed by atoms with Gasteiger partial charge in [0.15, 0.2) is 6.04 Å². The number of aliphatic hydroxyl groups is 1. The highest BCUT2D eigenvalue weighted by Crippen LogP contribution is 2.03. The molecule has 0 aromatic carbocycles. The minimum Gasteiger partial charge on any atom is -0.480 e. The molecule has 0 fully saturated rings. The number of nitrogens with one attached hydrogen (secondary N) is 1. The van der Waals surface area contributed by atoms with Gasteiger partial charge in [-0.3, -0.25) is 0 Å². The molecule has 2 atom stereocenters. The molecule has 0 radical (unpaired) electrons. The Kier molecular flexibility index (Phi) is 6.02. The zero-order valence-electron chi connectivity index (χ0n) is 7.48. The molecule has 0 spiro atoms. The van der Waals surface area contributed by atoms with Crippen LogP contribution in [0.4, 0.5) is 0 Å². The van der Waals surface area contributed by atoms with Gasteiger partial charge in [0, 0.05) is 0 Å². The van der Waals surface area contributed by atoms with Crippen LogP contribution in [0.5, 0.6) is 0 Å². The number of hydrogen-bond donors (Lipinski definition) is 3. The normalized spacial score (nSPS) is 14.7. The molecular weight excluding hydrogens is 210 g/mol. The van der Waals surface area contributed by atoms with Crippen molar-refractivity contribution in [3.8, 4) is 0 Å². The average molecular weight is 223 g/mol. The highest BCUT2D eigenvalue weighted by Gasteiger charge is 2.23. The van der Waals surface area contributed by atoms with E-state index in [2.05, 4.69) is 5.32 Å². The summed E-state index contributed by atoms with van der Waals surface area (Å²) >= 11 is 6.19. The summed E-state index contributed by atoms with van der Waals surface area (Å²) in [5, 5.41) is 20.3. The third-order valence-electron chi connectivity index (χ3n) is 1.30. The van der Waals surface area contributed by atoms with Crippen LogP contribution < -0.4 is 5.32 Å². The summed E-state index contributed by atoms with van der Waals surface area (Å²) in [7, 11) is 0. The number of rotatable bonds is 4. The summed E-state index contributed by atoms with van der Waals surface area (Å²) < 4.78 is 0.399. The number of aliphatic hydroxyl groups excluding tert-OH is 1. The second-order valence-corrected chi connectivity index (χ2v) is 4.36. The van der Waals surface area contributed by atoms with Crippen molar-refractivity contribution in [1.29, 1.82) is 0 Å². The maximum absolute atomic E-state index is 10.6. The van der Waals surface area contributed by atoms with Gasteiger partial charge >= 0.3 is 5.97 Å². The van der Waals surface area contributed by atoms with Crippen molar-refractivity contribution in [1.82, 2.24) is 5.32 Å². The van der Waals surface area contributed by atoms with Gasteiger partial charge in [0.2, 0.25) is 0 Å². The standard InChI is InChI=1S/C7H13NO3S2/c1-3-13-7(12)8-5(4(2)9)6(10)11/h4-5,9H,3H2,1-2H3,(H,8,12)(H,10,11)/t4-,5+/m1/s1. The Hall–Kier alpha value is -0.330. The smallest absolute Gasteiger partial charge is 0.328 e. The first-order valence-corrected chi connectivity index (χ1v) is 5.22. The predicted molar refractivity (Wildman–Crippen MR) is 57.0 cm³/mol. The zero-order chi connectivity index (χ0) is 10.4. The van der Waals surface area contributed by atoms with Crippen molar-refractivity contribution in [3.63, 3.8) is 0 Å². The lowest BCUT2D eigenvalue weighted by molar-refractivity contribution is -0.141. The maximum Gasteiger partial charge on any atom is 0.328 e. The fraction of sp³-hybridized carbons (Fsp3) is 0.714. The van der Waals surface area contributed by atoms with E-state index in [9.17, 15) is 4.79 Å². The van der Waals surface area contributed by atoms with E-state index in [1.54, 1.807) is 0 Å². The van der Waals surface area contributed by atoms with E-state index in [4.69, 9.17) is 22.4 Å². The van der Waals surface area contributed by atoms with Crippen LogP contribution in [0, 0.1) is 0 Å². The minimum absolute atomic E-state index is 0.399. The molecule has 0 rings (SSSR count). The van der Waals surface area contributed by atoms with Gasteiger partial charge in [-0.1, -0.05) is 30.9 Å². The van der Waals surface area contributed by atoms with Crippen LogP contribution in [0.3, 0.4) is 0 Å². The van der Waals surface area contributed by atoms with E-state index in [0.717, 1.165) is 5.75 Å². The van der Waals surface area contributed by atoms with Crippen LogP contribution in [0.1, 0.15) is 13.8 Å². The van der Waals surface area contributed by atoms with E-state index in [-0.39, 0.29) is 0 Å². The van der Waals surface area contributed by atoms with Crippen LogP contribution in [0.25, 0.3) is 0 Å². The lowest BCUT2D eigenvalue weighted by atomic mass is 10.2. The second-order valence-electron chi connectivity index (χ2n) is 2.42. The summed E-state index contributed by atoms with van der Waals surface area (Å²) in [6.07, 6.45) is -0.965. The molecule has 0 heterocycles. The third-order valence-corrected chi connectivity index (χ3v) is 2.44. The first-order chi connectivity index (χ1) is 5.99. The van der Waals surface area contributed by atoms with Crippen LogP contribution in [-0.2, 0) is 4.79 Å². The molecule has 3 N–H and O–H groups in total. The first kappa shape index (κ1) is 12.7. The number of carbonyl (C=O) groups is 1. The SMILES string of the molecule is CCSC(=S)N[C@H](C(=O)O)[C@@H](C)O. The van der Waals surface area contributed by atoms with Crippen LogP contribution in [-0.4, -0.2) is 38.4 Å². The topological polar surface area (TPSA) is 69.6 Å². The van der Waals surface area contributed by atoms with Crippen molar-refractivity contribution in [3.05, 3.63) is 0 Å². The Labute approximate surface area is 86.7 Å². The Balaban J connectivity index is 4.10. The molecule has 6 heteroatoms. The second kappa shape index (κ2) is 6.17. The molecule has 0 aromatic rings. The van der Waals surface area contributed by atoms with Gasteiger partial charge in [-0.05, 0) is 12.7 Å². The number of thiocarbonyl (C=S) groups is 1. The van der Waals surface area contributed by atoms with Gasteiger partial charge in [-0.25, -0.2) is 4.79 Å². The highest BCUT2D eigenvalue weighted by molar-refractivity contribution is 8.22. The molecule has 0 bridgehead atoms. The Morgan fingerprint density at radius 2 is 2.23 bits per heavy atom. The van der Waals surface area contributed by atoms with Crippen LogP contribution in [0.2, 0.25) is 0 Å². The van der Waals surface area contributed by atoms with E-state index in [1.807, 2.05) is 6.92 Å². The number of aliphatic carboxylic acids is 1. The monoisotopic (exact) mass is 223 g/mol. The van der Waals surface area contributed by atoms with Gasteiger partial charge < -0.3 is 15.5 Å². The van der Waals surface area contributed by atoms with E-state index < -0.39 is 18.1 Å². The lowest BCUT2D eigenvalue weighted by Gasteiger charge is -2.17. The van der Waals surface area contributed by atoms with Gasteiger partial charge in [0.25, 0.3) is 0 Å². The maximum atomic E-state index is 10.6. The van der Waals surface area contributed by atoms with Crippen LogP contribution in [0.15, 0.2) is 0 Å². The van der Waals surface area contributed by atoms with E-state index in [1.165, 1.54) is 18.7 Å². The lowest BCUT2D eigenvalue weighted by Crippen LogP contribution is -2.46. The highest BCUT2D eigenvalue weighted by atomic mass is 32.2. The summed E-state index contributed by atoms with van der Waals surface area (Å²) in [5.74, 6) is -0.327. The number of carboxylic acid groups (broad SMARTS) is 1. The summed E-state index contributed by atoms with van der Waals surface area (Å²) in [6.45, 7) is 3.32. The predicted octanol–water partition coefficient (Wildman–Crippen LogP) is 0.448. The average Bonchev–Trinajstić information content (AvgIpc) is 1.99. The van der Waals surface area contributed by atoms with Gasteiger partial charge in [-0.2, -0.15) is 0 Å². The number of carboxylic acids is 1. The summed E-state index contributed by atoms with van der Waals surface area (Å²) in [6, 6.07) is -1.02. The molecule has 0 aliphatic carbocycles.